The van der Waals surface area contributed by atoms with Gasteiger partial charge in [0.05, 0.1) is 26.4 Å². The molecule has 158 valence electrons. The number of halogens is 2. The Bertz CT molecular complexity index is 794. The summed E-state index contributed by atoms with van der Waals surface area (Å²) in [5, 5.41) is 2.48. The van der Waals surface area contributed by atoms with Gasteiger partial charge in [0.25, 0.3) is 5.91 Å². The number of amides is 2. The lowest BCUT2D eigenvalue weighted by Crippen LogP contribution is -2.46. The Morgan fingerprint density at radius 3 is 2.90 bits per heavy atom. The van der Waals surface area contributed by atoms with E-state index in [-0.39, 0.29) is 13.0 Å². The number of ether oxygens (including phenoxy) is 3. The molecule has 0 radical (unpaired) electrons. The smallest absolute Gasteiger partial charge is 0.345 e. The number of carbonyl (C=O) groups excluding carboxylic acids is 3. The summed E-state index contributed by atoms with van der Waals surface area (Å²) in [5.74, 6) is -0.374. The summed E-state index contributed by atoms with van der Waals surface area (Å²) in [6.45, 7) is -3.06. The van der Waals surface area contributed by atoms with E-state index in [9.17, 15) is 23.2 Å². The van der Waals surface area contributed by atoms with Gasteiger partial charge < -0.3 is 24.4 Å². The molecule has 3 rings (SSSR count). The first-order valence-electron chi connectivity index (χ1n) is 8.87. The van der Waals surface area contributed by atoms with E-state index in [1.165, 1.54) is 0 Å². The fourth-order valence-corrected chi connectivity index (χ4v) is 4.03. The van der Waals surface area contributed by atoms with Crippen LogP contribution in [-0.2, 0) is 19.1 Å². The van der Waals surface area contributed by atoms with Crippen molar-refractivity contribution in [2.75, 3.05) is 32.6 Å². The van der Waals surface area contributed by atoms with Crippen molar-refractivity contribution >= 4 is 29.5 Å². The second-order valence-corrected chi connectivity index (χ2v) is 7.52. The molecule has 2 heterocycles. The number of methoxy groups -OCH3 is 1. The molecule has 11 heteroatoms. The van der Waals surface area contributed by atoms with E-state index in [1.807, 2.05) is 0 Å². The number of nitrogens with zero attached hydrogens (tertiary/aromatic N) is 1. The lowest BCUT2D eigenvalue weighted by molar-refractivity contribution is -0.160. The maximum atomic E-state index is 12.5. The second-order valence-electron chi connectivity index (χ2n) is 6.38. The van der Waals surface area contributed by atoms with E-state index in [2.05, 4.69) is 14.8 Å². The van der Waals surface area contributed by atoms with Crippen molar-refractivity contribution in [3.63, 3.8) is 0 Å². The van der Waals surface area contributed by atoms with Crippen LogP contribution < -0.4 is 10.1 Å². The van der Waals surface area contributed by atoms with Crippen LogP contribution in [0.4, 0.5) is 8.78 Å². The summed E-state index contributed by atoms with van der Waals surface area (Å²) in [7, 11) is 1.14. The third-order valence-corrected chi connectivity index (χ3v) is 5.58. The number of rotatable bonds is 6. The average molecular weight is 430 g/mol. The molecule has 0 unspecified atom stereocenters. The molecule has 2 amide bonds. The van der Waals surface area contributed by atoms with Crippen molar-refractivity contribution in [3.05, 3.63) is 23.8 Å². The second kappa shape index (κ2) is 9.40. The zero-order chi connectivity index (χ0) is 21.0. The van der Waals surface area contributed by atoms with Gasteiger partial charge in [-0.2, -0.15) is 8.78 Å². The van der Waals surface area contributed by atoms with E-state index < -0.39 is 43.1 Å². The Hall–Kier alpha value is -2.40. The van der Waals surface area contributed by atoms with Crippen molar-refractivity contribution < 1.29 is 37.4 Å². The van der Waals surface area contributed by atoms with Crippen LogP contribution in [0.5, 0.6) is 5.75 Å². The van der Waals surface area contributed by atoms with Gasteiger partial charge in [-0.05, 0) is 18.2 Å². The van der Waals surface area contributed by atoms with Crippen LogP contribution in [0.2, 0.25) is 0 Å². The molecular formula is C18H20F2N2O6S. The number of nitrogens with one attached hydrogen (secondary N) is 1. The van der Waals surface area contributed by atoms with E-state index in [0.717, 1.165) is 22.7 Å². The molecule has 8 nitrogen and oxygen atoms in total. The molecule has 0 aromatic heterocycles. The predicted octanol–water partition coefficient (Wildman–Crippen LogP) is 1.28. The van der Waals surface area contributed by atoms with Gasteiger partial charge in [0.2, 0.25) is 5.91 Å². The monoisotopic (exact) mass is 430 g/mol. The van der Waals surface area contributed by atoms with Gasteiger partial charge in [0.15, 0.2) is 0 Å². The van der Waals surface area contributed by atoms with Gasteiger partial charge >= 0.3 is 12.6 Å². The fourth-order valence-electron chi connectivity index (χ4n) is 3.22. The summed E-state index contributed by atoms with van der Waals surface area (Å²) in [6, 6.07) is 3.96. The van der Waals surface area contributed by atoms with Crippen LogP contribution in [0, 0.1) is 0 Å². The molecule has 0 spiro atoms. The third-order valence-electron chi connectivity index (χ3n) is 4.56. The number of thioether (sulfide) groups is 1. The quantitative estimate of drug-likeness (QED) is 0.680. The number of esters is 1. The largest absolute Gasteiger partial charge is 0.492 e. The third kappa shape index (κ3) is 5.15. The lowest BCUT2D eigenvalue weighted by Gasteiger charge is -2.22. The van der Waals surface area contributed by atoms with Crippen molar-refractivity contribution in [1.82, 2.24) is 10.2 Å². The number of fused-ring (bicyclic) bond motifs is 1. The van der Waals surface area contributed by atoms with Crippen LogP contribution in [0.1, 0.15) is 16.8 Å². The standard InChI is InChI=1S/C18H20F2N2O6S/c1-26-17(25)12-7-11(28-18(19)20)9-22(12)15(23)8-21-16(24)10-2-3-14-13(6-10)27-4-5-29-14/h2-3,6,11-12,18H,4-5,7-9H2,1H3,(H,21,24)/t11-,12+/m1/s1. The molecular weight excluding hydrogens is 410 g/mol. The van der Waals surface area contributed by atoms with Crippen LogP contribution in [0.3, 0.4) is 0 Å². The first-order chi connectivity index (χ1) is 13.9. The SMILES string of the molecule is COC(=O)[C@@H]1C[C@@H](OC(F)F)CN1C(=O)CNC(=O)c1ccc2c(c1)OCCS2. The highest BCUT2D eigenvalue weighted by molar-refractivity contribution is 7.99. The molecule has 1 aromatic rings. The Morgan fingerprint density at radius 2 is 2.17 bits per heavy atom. The van der Waals surface area contributed by atoms with Crippen molar-refractivity contribution in [1.29, 1.82) is 0 Å². The highest BCUT2D eigenvalue weighted by Gasteiger charge is 2.41. The highest BCUT2D eigenvalue weighted by Crippen LogP contribution is 2.33. The number of carbonyl (C=O) groups is 3. The molecule has 2 aliphatic heterocycles. The minimum Gasteiger partial charge on any atom is -0.492 e. The van der Waals surface area contributed by atoms with Crippen molar-refractivity contribution in [2.24, 2.45) is 0 Å². The topological polar surface area (TPSA) is 94.2 Å². The first-order valence-corrected chi connectivity index (χ1v) is 9.86. The molecule has 29 heavy (non-hydrogen) atoms. The van der Waals surface area contributed by atoms with Crippen LogP contribution >= 0.6 is 11.8 Å². The highest BCUT2D eigenvalue weighted by atomic mass is 32.2. The van der Waals surface area contributed by atoms with Gasteiger partial charge in [-0.25, -0.2) is 4.79 Å². The van der Waals surface area contributed by atoms with E-state index >= 15 is 0 Å². The molecule has 2 atom stereocenters. The van der Waals surface area contributed by atoms with Crippen molar-refractivity contribution in [3.8, 4) is 5.75 Å². The number of benzene rings is 1. The molecule has 0 aliphatic carbocycles. The van der Waals surface area contributed by atoms with Crippen LogP contribution in [0.15, 0.2) is 23.1 Å². The maximum absolute atomic E-state index is 12.5. The average Bonchev–Trinajstić information content (AvgIpc) is 3.13. The molecule has 1 fully saturated rings. The number of likely N-dealkylation sites (tertiary alicyclic amines) is 1. The molecule has 1 N–H and O–H groups in total. The summed E-state index contributed by atoms with van der Waals surface area (Å²) in [4.78, 5) is 38.8. The van der Waals surface area contributed by atoms with E-state index in [4.69, 9.17) is 4.74 Å². The summed E-state index contributed by atoms with van der Waals surface area (Å²) < 4.78 is 39.5. The lowest BCUT2D eigenvalue weighted by atomic mass is 10.2. The Balaban J connectivity index is 1.61. The number of hydrogen-bond acceptors (Lipinski definition) is 7. The van der Waals surface area contributed by atoms with Gasteiger partial charge in [0, 0.05) is 29.2 Å². The molecule has 2 aliphatic rings. The molecule has 1 saturated heterocycles. The Morgan fingerprint density at radius 1 is 1.38 bits per heavy atom. The van der Waals surface area contributed by atoms with Gasteiger partial charge in [0.1, 0.15) is 11.8 Å². The van der Waals surface area contributed by atoms with E-state index in [0.29, 0.717) is 17.9 Å². The fraction of sp³-hybridized carbons (Fsp3) is 0.500. The van der Waals surface area contributed by atoms with Gasteiger partial charge in [-0.3, -0.25) is 9.59 Å². The zero-order valence-electron chi connectivity index (χ0n) is 15.6. The van der Waals surface area contributed by atoms with Crippen LogP contribution in [-0.4, -0.2) is 74.0 Å². The molecule has 0 saturated carbocycles. The molecule has 1 aromatic carbocycles. The minimum atomic E-state index is -3.02. The van der Waals surface area contributed by atoms with E-state index in [1.54, 1.807) is 30.0 Å². The predicted molar refractivity (Wildman–Crippen MR) is 98.0 cm³/mol. The van der Waals surface area contributed by atoms with Crippen LogP contribution in [0.25, 0.3) is 0 Å². The zero-order valence-corrected chi connectivity index (χ0v) is 16.4. The maximum Gasteiger partial charge on any atom is 0.345 e. The Kier molecular flexibility index (Phi) is 6.91. The number of hydrogen-bond donors (Lipinski definition) is 1. The normalized spacial score (nSPS) is 20.8. The van der Waals surface area contributed by atoms with Crippen molar-refractivity contribution in [2.45, 2.75) is 30.1 Å². The summed E-state index contributed by atoms with van der Waals surface area (Å²) in [6.07, 6.45) is -1.09. The summed E-state index contributed by atoms with van der Waals surface area (Å²) >= 11 is 1.63. The number of alkyl halides is 2. The first kappa shape index (κ1) is 21.3. The summed E-state index contributed by atoms with van der Waals surface area (Å²) in [5.41, 5.74) is 0.323. The van der Waals surface area contributed by atoms with Gasteiger partial charge in [-0.15, -0.1) is 11.8 Å². The Labute approximate surface area is 169 Å². The van der Waals surface area contributed by atoms with Gasteiger partial charge in [-0.1, -0.05) is 0 Å². The molecule has 0 bridgehead atoms. The minimum absolute atomic E-state index is 0.101.